The Morgan fingerprint density at radius 1 is 1.05 bits per heavy atom. The zero-order chi connectivity index (χ0) is 13.7. The fraction of sp³-hybridized carbons (Fsp3) is 0.188. The van der Waals surface area contributed by atoms with E-state index in [0.717, 1.165) is 17.0 Å². The molecule has 2 nitrogen and oxygen atoms in total. The number of rotatable bonds is 4. The second kappa shape index (κ2) is 6.43. The summed E-state index contributed by atoms with van der Waals surface area (Å²) in [6.45, 7) is 0. The van der Waals surface area contributed by atoms with Gasteiger partial charge in [0.1, 0.15) is 0 Å². The molecule has 98 valence electrons. The summed E-state index contributed by atoms with van der Waals surface area (Å²) in [6, 6.07) is 17.5. The first-order valence-corrected chi connectivity index (χ1v) is 7.52. The molecule has 3 heteroatoms. The Labute approximate surface area is 118 Å². The van der Waals surface area contributed by atoms with E-state index in [0.29, 0.717) is 0 Å². The summed E-state index contributed by atoms with van der Waals surface area (Å²) in [5, 5.41) is 0. The molecule has 0 radical (unpaired) electrons. The van der Waals surface area contributed by atoms with Gasteiger partial charge in [-0.15, -0.1) is 0 Å². The first-order chi connectivity index (χ1) is 9.22. The average Bonchev–Trinajstić information content (AvgIpc) is 2.48. The van der Waals surface area contributed by atoms with Gasteiger partial charge < -0.3 is 4.90 Å². The maximum atomic E-state index is 12.3. The molecule has 0 heterocycles. The third kappa shape index (κ3) is 3.38. The number of carbonyl (C=O) groups is 1. The number of benzene rings is 2. The van der Waals surface area contributed by atoms with Crippen molar-refractivity contribution in [1.82, 2.24) is 0 Å². The molecule has 0 spiro atoms. The molecule has 0 aliphatic rings. The predicted molar refractivity (Wildman–Crippen MR) is 82.8 cm³/mol. The van der Waals surface area contributed by atoms with Crippen molar-refractivity contribution in [2.24, 2.45) is 0 Å². The van der Waals surface area contributed by atoms with Gasteiger partial charge in [0.2, 0.25) is 0 Å². The van der Waals surface area contributed by atoms with Gasteiger partial charge in [-0.25, -0.2) is 0 Å². The van der Waals surface area contributed by atoms with Gasteiger partial charge in [-0.3, -0.25) is 4.79 Å². The molecule has 2 rings (SSSR count). The van der Waals surface area contributed by atoms with Gasteiger partial charge in [-0.1, -0.05) is 30.3 Å². The van der Waals surface area contributed by atoms with Gasteiger partial charge in [0, 0.05) is 24.1 Å². The second-order valence-corrected chi connectivity index (χ2v) is 5.20. The minimum Gasteiger partial charge on any atom is -0.311 e. The molecular weight excluding hydrogens is 254 g/mol. The van der Waals surface area contributed by atoms with Crippen molar-refractivity contribution in [2.75, 3.05) is 18.2 Å². The number of hydrogen-bond donors (Lipinski definition) is 0. The van der Waals surface area contributed by atoms with Gasteiger partial charge in [0.15, 0.2) is 0 Å². The van der Waals surface area contributed by atoms with Crippen LogP contribution in [0.25, 0.3) is 0 Å². The first kappa shape index (κ1) is 13.7. The quantitative estimate of drug-likeness (QED) is 0.842. The molecule has 0 aliphatic heterocycles. The summed E-state index contributed by atoms with van der Waals surface area (Å²) in [4.78, 5) is 14.0. The van der Waals surface area contributed by atoms with Crippen LogP contribution in [0.4, 0.5) is 5.69 Å². The molecule has 0 bridgehead atoms. The lowest BCUT2D eigenvalue weighted by Crippen LogP contribution is -2.26. The van der Waals surface area contributed by atoms with Crippen molar-refractivity contribution in [3.05, 3.63) is 65.7 Å². The molecule has 0 atom stereocenters. The highest BCUT2D eigenvalue weighted by atomic mass is 32.2. The van der Waals surface area contributed by atoms with Gasteiger partial charge in [-0.05, 0) is 36.1 Å². The number of anilines is 1. The molecule has 0 unspecified atom stereocenters. The number of thioether (sulfide) groups is 1. The van der Waals surface area contributed by atoms with Crippen molar-refractivity contribution in [3.63, 3.8) is 0 Å². The van der Waals surface area contributed by atoms with Gasteiger partial charge in [0.25, 0.3) is 5.91 Å². The first-order valence-electron chi connectivity index (χ1n) is 6.13. The maximum absolute atomic E-state index is 12.3. The minimum atomic E-state index is 0.0156. The molecule has 2 aromatic carbocycles. The maximum Gasteiger partial charge on any atom is 0.258 e. The summed E-state index contributed by atoms with van der Waals surface area (Å²) in [7, 11) is 1.80. The zero-order valence-electron chi connectivity index (χ0n) is 11.2. The standard InChI is InChI=1S/C16H17NOS/c1-17(15-6-4-3-5-7-15)16(18)14-10-8-13(9-11-14)12-19-2/h3-11H,12H2,1-2H3. The van der Waals surface area contributed by atoms with Crippen molar-refractivity contribution in [1.29, 1.82) is 0 Å². The van der Waals surface area contributed by atoms with Crippen LogP contribution in [0.5, 0.6) is 0 Å². The average molecular weight is 271 g/mol. The molecule has 0 aromatic heterocycles. The number of hydrogen-bond acceptors (Lipinski definition) is 2. The number of para-hydroxylation sites is 1. The highest BCUT2D eigenvalue weighted by Gasteiger charge is 2.12. The smallest absolute Gasteiger partial charge is 0.258 e. The Kier molecular flexibility index (Phi) is 4.63. The minimum absolute atomic E-state index is 0.0156. The Balaban J connectivity index is 2.15. The van der Waals surface area contributed by atoms with Crippen molar-refractivity contribution in [2.45, 2.75) is 5.75 Å². The van der Waals surface area contributed by atoms with E-state index in [1.807, 2.05) is 54.6 Å². The molecule has 0 aliphatic carbocycles. The molecule has 0 N–H and O–H groups in total. The highest BCUT2D eigenvalue weighted by molar-refractivity contribution is 7.97. The van der Waals surface area contributed by atoms with E-state index < -0.39 is 0 Å². The lowest BCUT2D eigenvalue weighted by molar-refractivity contribution is 0.0993. The van der Waals surface area contributed by atoms with Crippen LogP contribution in [0.1, 0.15) is 15.9 Å². The van der Waals surface area contributed by atoms with Crippen LogP contribution < -0.4 is 4.90 Å². The fourth-order valence-corrected chi connectivity index (χ4v) is 2.40. The van der Waals surface area contributed by atoms with Crippen LogP contribution in [-0.4, -0.2) is 19.2 Å². The molecule has 0 fully saturated rings. The molecular formula is C16H17NOS. The van der Waals surface area contributed by atoms with E-state index in [1.54, 1.807) is 23.7 Å². The Bertz CT molecular complexity index is 536. The van der Waals surface area contributed by atoms with E-state index in [9.17, 15) is 4.79 Å². The van der Waals surface area contributed by atoms with Crippen LogP contribution >= 0.6 is 11.8 Å². The molecule has 0 saturated heterocycles. The third-order valence-corrected chi connectivity index (χ3v) is 3.58. The van der Waals surface area contributed by atoms with E-state index >= 15 is 0 Å². The van der Waals surface area contributed by atoms with E-state index in [-0.39, 0.29) is 5.91 Å². The lowest BCUT2D eigenvalue weighted by atomic mass is 10.1. The van der Waals surface area contributed by atoms with Crippen LogP contribution in [0.2, 0.25) is 0 Å². The van der Waals surface area contributed by atoms with Crippen molar-refractivity contribution in [3.8, 4) is 0 Å². The van der Waals surface area contributed by atoms with E-state index in [2.05, 4.69) is 6.26 Å². The summed E-state index contributed by atoms with van der Waals surface area (Å²) >= 11 is 1.78. The number of carbonyl (C=O) groups excluding carboxylic acids is 1. The molecule has 0 saturated carbocycles. The summed E-state index contributed by atoms with van der Waals surface area (Å²) in [5.74, 6) is 0.991. The fourth-order valence-electron chi connectivity index (χ4n) is 1.87. The molecule has 1 amide bonds. The Hall–Kier alpha value is -1.74. The third-order valence-electron chi connectivity index (χ3n) is 2.96. The summed E-state index contributed by atoms with van der Waals surface area (Å²) in [5.41, 5.74) is 2.86. The topological polar surface area (TPSA) is 20.3 Å². The van der Waals surface area contributed by atoms with Crippen LogP contribution in [0, 0.1) is 0 Å². The Morgan fingerprint density at radius 3 is 2.26 bits per heavy atom. The monoisotopic (exact) mass is 271 g/mol. The zero-order valence-corrected chi connectivity index (χ0v) is 12.0. The lowest BCUT2D eigenvalue weighted by Gasteiger charge is -2.17. The number of nitrogens with zero attached hydrogens (tertiary/aromatic N) is 1. The van der Waals surface area contributed by atoms with Crippen LogP contribution in [0.3, 0.4) is 0 Å². The van der Waals surface area contributed by atoms with Crippen LogP contribution in [-0.2, 0) is 5.75 Å². The highest BCUT2D eigenvalue weighted by Crippen LogP contribution is 2.16. The molecule has 2 aromatic rings. The normalized spacial score (nSPS) is 10.2. The van der Waals surface area contributed by atoms with E-state index in [1.165, 1.54) is 5.56 Å². The summed E-state index contributed by atoms with van der Waals surface area (Å²) < 4.78 is 0. The number of amides is 1. The van der Waals surface area contributed by atoms with Crippen LogP contribution in [0.15, 0.2) is 54.6 Å². The molecule has 19 heavy (non-hydrogen) atoms. The van der Waals surface area contributed by atoms with Crippen molar-refractivity contribution >= 4 is 23.4 Å². The second-order valence-electron chi connectivity index (χ2n) is 4.33. The predicted octanol–water partition coefficient (Wildman–Crippen LogP) is 3.83. The Morgan fingerprint density at radius 2 is 1.68 bits per heavy atom. The SMILES string of the molecule is CSCc1ccc(C(=O)N(C)c2ccccc2)cc1. The van der Waals surface area contributed by atoms with Gasteiger partial charge >= 0.3 is 0 Å². The largest absolute Gasteiger partial charge is 0.311 e. The summed E-state index contributed by atoms with van der Waals surface area (Å²) in [6.07, 6.45) is 2.07. The van der Waals surface area contributed by atoms with Gasteiger partial charge in [0.05, 0.1) is 0 Å². The van der Waals surface area contributed by atoms with Crippen molar-refractivity contribution < 1.29 is 4.79 Å². The van der Waals surface area contributed by atoms with E-state index in [4.69, 9.17) is 0 Å². The van der Waals surface area contributed by atoms with Gasteiger partial charge in [-0.2, -0.15) is 11.8 Å².